The highest BCUT2D eigenvalue weighted by Gasteiger charge is 2.41. The first kappa shape index (κ1) is 20.7. The molecule has 3 aromatic rings. The number of ether oxygens (including phenoxy) is 1. The Bertz CT molecular complexity index is 1190. The van der Waals surface area contributed by atoms with Crippen molar-refractivity contribution in [1.82, 2.24) is 0 Å². The van der Waals surface area contributed by atoms with Crippen LogP contribution in [-0.4, -0.2) is 18.4 Å². The highest BCUT2D eigenvalue weighted by Crippen LogP contribution is 2.38. The van der Waals surface area contributed by atoms with Crippen LogP contribution in [0.1, 0.15) is 18.1 Å². The lowest BCUT2D eigenvalue weighted by Crippen LogP contribution is -2.32. The number of amides is 2. The molecule has 3 aromatic carbocycles. The first-order valence-electron chi connectivity index (χ1n) is 9.94. The third-order valence-electron chi connectivity index (χ3n) is 4.91. The molecule has 5 nitrogen and oxygen atoms in total. The maximum absolute atomic E-state index is 13.5. The summed E-state index contributed by atoms with van der Waals surface area (Å²) in [5.41, 5.74) is 3.27. The molecule has 1 N–H and O–H groups in total. The number of benzene rings is 3. The number of imide groups is 1. The number of hydrogen-bond acceptors (Lipinski definition) is 4. The van der Waals surface area contributed by atoms with Gasteiger partial charge in [0.15, 0.2) is 0 Å². The summed E-state index contributed by atoms with van der Waals surface area (Å²) in [7, 11) is 0. The van der Waals surface area contributed by atoms with Crippen LogP contribution in [-0.2, 0) is 9.59 Å². The second-order valence-electron chi connectivity index (χ2n) is 7.10. The van der Waals surface area contributed by atoms with Crippen molar-refractivity contribution >= 4 is 40.4 Å². The second-order valence-corrected chi connectivity index (χ2v) is 7.53. The van der Waals surface area contributed by atoms with Crippen molar-refractivity contribution in [2.24, 2.45) is 0 Å². The van der Waals surface area contributed by atoms with E-state index < -0.39 is 11.8 Å². The van der Waals surface area contributed by atoms with Gasteiger partial charge >= 0.3 is 0 Å². The Morgan fingerprint density at radius 3 is 2.39 bits per heavy atom. The molecule has 0 saturated heterocycles. The van der Waals surface area contributed by atoms with E-state index in [4.69, 9.17) is 16.3 Å². The minimum atomic E-state index is -0.441. The molecule has 4 rings (SSSR count). The van der Waals surface area contributed by atoms with Gasteiger partial charge in [-0.15, -0.1) is 0 Å². The first-order chi connectivity index (χ1) is 15.0. The van der Waals surface area contributed by atoms with Crippen LogP contribution in [0.4, 0.5) is 11.4 Å². The Hall–Kier alpha value is -3.57. The van der Waals surface area contributed by atoms with Gasteiger partial charge < -0.3 is 10.1 Å². The Balaban J connectivity index is 1.83. The summed E-state index contributed by atoms with van der Waals surface area (Å²) >= 11 is 6.04. The van der Waals surface area contributed by atoms with E-state index in [0.717, 1.165) is 16.2 Å². The molecule has 1 aliphatic rings. The molecule has 31 heavy (non-hydrogen) atoms. The van der Waals surface area contributed by atoms with Gasteiger partial charge in [-0.3, -0.25) is 9.59 Å². The van der Waals surface area contributed by atoms with Gasteiger partial charge in [-0.25, -0.2) is 4.90 Å². The van der Waals surface area contributed by atoms with Crippen LogP contribution in [0, 0.1) is 6.92 Å². The van der Waals surface area contributed by atoms with E-state index >= 15 is 0 Å². The number of halogens is 1. The molecule has 0 fully saturated rings. The fraction of sp³-hybridized carbons (Fsp3) is 0.120. The maximum atomic E-state index is 13.5. The quantitative estimate of drug-likeness (QED) is 0.526. The molecule has 156 valence electrons. The largest absolute Gasteiger partial charge is 0.492 e. The molecule has 0 atom stereocenters. The topological polar surface area (TPSA) is 58.6 Å². The molecule has 1 aliphatic heterocycles. The third kappa shape index (κ3) is 4.05. The number of rotatable bonds is 6. The lowest BCUT2D eigenvalue weighted by molar-refractivity contribution is -0.120. The predicted octanol–water partition coefficient (Wildman–Crippen LogP) is 5.44. The number of nitrogens with zero attached hydrogens (tertiary/aromatic N) is 1. The second kappa shape index (κ2) is 8.66. The first-order valence-corrected chi connectivity index (χ1v) is 10.3. The van der Waals surface area contributed by atoms with Crippen molar-refractivity contribution in [3.63, 3.8) is 0 Å². The third-order valence-corrected chi connectivity index (χ3v) is 5.16. The number of carbonyl (C=O) groups is 2. The van der Waals surface area contributed by atoms with Crippen molar-refractivity contribution in [3.8, 4) is 5.75 Å². The SMILES string of the molecule is CCOc1ccccc1N1C(=O)C(Nc2cccc(C)c2)=C(c2ccc(Cl)cc2)C1=O. The average molecular weight is 433 g/mol. The molecule has 0 radical (unpaired) electrons. The van der Waals surface area contributed by atoms with Crippen molar-refractivity contribution in [2.75, 3.05) is 16.8 Å². The van der Waals surface area contributed by atoms with Gasteiger partial charge in [-0.2, -0.15) is 0 Å². The van der Waals surface area contributed by atoms with Crippen LogP contribution in [0.15, 0.2) is 78.5 Å². The number of hydrogen-bond donors (Lipinski definition) is 1. The standard InChI is InChI=1S/C25H21ClN2O3/c1-3-31-21-10-5-4-9-20(21)28-24(29)22(17-11-13-18(26)14-12-17)23(25(28)30)27-19-8-6-7-16(2)15-19/h4-15,27H,3H2,1-2H3. The molecule has 6 heteroatoms. The Morgan fingerprint density at radius 2 is 1.68 bits per heavy atom. The van der Waals surface area contributed by atoms with E-state index in [1.807, 2.05) is 38.1 Å². The van der Waals surface area contributed by atoms with Crippen LogP contribution in [0.2, 0.25) is 5.02 Å². The molecule has 0 spiro atoms. The summed E-state index contributed by atoms with van der Waals surface area (Å²) in [4.78, 5) is 28.2. The lowest BCUT2D eigenvalue weighted by Gasteiger charge is -2.19. The molecule has 0 unspecified atom stereocenters. The normalized spacial score (nSPS) is 13.7. The van der Waals surface area contributed by atoms with E-state index in [-0.39, 0.29) is 11.3 Å². The fourth-order valence-corrected chi connectivity index (χ4v) is 3.66. The monoisotopic (exact) mass is 432 g/mol. The summed E-state index contributed by atoms with van der Waals surface area (Å²) in [6.45, 7) is 4.23. The van der Waals surface area contributed by atoms with Crippen molar-refractivity contribution in [1.29, 1.82) is 0 Å². The molecule has 0 bridgehead atoms. The minimum Gasteiger partial charge on any atom is -0.492 e. The van der Waals surface area contributed by atoms with Crippen molar-refractivity contribution in [3.05, 3.63) is 94.6 Å². The minimum absolute atomic E-state index is 0.212. The zero-order valence-corrected chi connectivity index (χ0v) is 17.9. The highest BCUT2D eigenvalue weighted by molar-refractivity contribution is 6.46. The average Bonchev–Trinajstić information content (AvgIpc) is 2.99. The van der Waals surface area contributed by atoms with E-state index in [1.165, 1.54) is 0 Å². The molecule has 0 aliphatic carbocycles. The van der Waals surface area contributed by atoms with E-state index in [1.54, 1.807) is 48.5 Å². The van der Waals surface area contributed by atoms with Crippen LogP contribution in [0.3, 0.4) is 0 Å². The summed E-state index contributed by atoms with van der Waals surface area (Å²) in [6, 6.07) is 21.5. The maximum Gasteiger partial charge on any atom is 0.282 e. The number of para-hydroxylation sites is 2. The van der Waals surface area contributed by atoms with Gasteiger partial charge in [-0.05, 0) is 61.4 Å². The molecular formula is C25H21ClN2O3. The van der Waals surface area contributed by atoms with Crippen LogP contribution < -0.4 is 15.0 Å². The molecular weight excluding hydrogens is 412 g/mol. The Labute approximate surface area is 185 Å². The van der Waals surface area contributed by atoms with Crippen molar-refractivity contribution < 1.29 is 14.3 Å². The number of nitrogens with one attached hydrogen (secondary N) is 1. The number of carbonyl (C=O) groups excluding carboxylic acids is 2. The molecule has 2 amide bonds. The van der Waals surface area contributed by atoms with Crippen LogP contribution in [0.5, 0.6) is 5.75 Å². The van der Waals surface area contributed by atoms with Crippen LogP contribution in [0.25, 0.3) is 5.57 Å². The fourth-order valence-electron chi connectivity index (χ4n) is 3.54. The summed E-state index contributed by atoms with van der Waals surface area (Å²) in [6.07, 6.45) is 0. The Kier molecular flexibility index (Phi) is 5.78. The summed E-state index contributed by atoms with van der Waals surface area (Å²) in [5, 5.41) is 3.72. The Morgan fingerprint density at radius 1 is 0.935 bits per heavy atom. The lowest BCUT2D eigenvalue weighted by atomic mass is 10.0. The van der Waals surface area contributed by atoms with Gasteiger partial charge in [0.1, 0.15) is 11.4 Å². The van der Waals surface area contributed by atoms with Crippen LogP contribution >= 0.6 is 11.6 Å². The van der Waals surface area contributed by atoms with Gasteiger partial charge in [0.05, 0.1) is 17.9 Å². The molecule has 0 saturated carbocycles. The highest BCUT2D eigenvalue weighted by atomic mass is 35.5. The smallest absolute Gasteiger partial charge is 0.282 e. The van der Waals surface area contributed by atoms with Gasteiger partial charge in [0.25, 0.3) is 11.8 Å². The zero-order chi connectivity index (χ0) is 22.0. The summed E-state index contributed by atoms with van der Waals surface area (Å²) < 4.78 is 5.67. The predicted molar refractivity (Wildman–Crippen MR) is 123 cm³/mol. The zero-order valence-electron chi connectivity index (χ0n) is 17.2. The van der Waals surface area contributed by atoms with E-state index in [2.05, 4.69) is 5.32 Å². The number of aryl methyl sites for hydroxylation is 1. The molecule has 1 heterocycles. The van der Waals surface area contributed by atoms with E-state index in [9.17, 15) is 9.59 Å². The van der Waals surface area contributed by atoms with Gasteiger partial charge in [0.2, 0.25) is 0 Å². The summed E-state index contributed by atoms with van der Waals surface area (Å²) in [5.74, 6) is -0.391. The number of anilines is 2. The van der Waals surface area contributed by atoms with Crippen molar-refractivity contribution in [2.45, 2.75) is 13.8 Å². The van der Waals surface area contributed by atoms with Gasteiger partial charge in [0, 0.05) is 10.7 Å². The van der Waals surface area contributed by atoms with E-state index in [0.29, 0.717) is 28.6 Å². The molecule has 0 aromatic heterocycles. The van der Waals surface area contributed by atoms with Gasteiger partial charge in [-0.1, -0.05) is 48.0 Å².